The maximum atomic E-state index is 12.5. The Labute approximate surface area is 178 Å². The number of nitrogens with zero attached hydrogens (tertiary/aromatic N) is 2. The van der Waals surface area contributed by atoms with E-state index in [0.29, 0.717) is 16.4 Å². The van der Waals surface area contributed by atoms with E-state index >= 15 is 0 Å². The summed E-state index contributed by atoms with van der Waals surface area (Å²) in [5, 5.41) is 10.1. The zero-order valence-corrected chi connectivity index (χ0v) is 17.4. The number of hydrogen-bond donors (Lipinski definition) is 2. The molecule has 0 radical (unpaired) electrons. The quantitative estimate of drug-likeness (QED) is 0.629. The molecule has 3 rings (SSSR count). The number of hydrogen-bond acceptors (Lipinski definition) is 4. The van der Waals surface area contributed by atoms with Gasteiger partial charge in [-0.25, -0.2) is 4.68 Å². The molecule has 2 amide bonds. The first-order valence-corrected chi connectivity index (χ1v) is 9.72. The van der Waals surface area contributed by atoms with Crippen molar-refractivity contribution in [2.75, 3.05) is 10.6 Å². The molecular formula is C22H21ClN4O3. The maximum absolute atomic E-state index is 12.5. The van der Waals surface area contributed by atoms with Crippen LogP contribution in [0.25, 0.3) is 0 Å². The highest BCUT2D eigenvalue weighted by molar-refractivity contribution is 6.31. The number of halogens is 1. The fraction of sp³-hybridized carbons (Fsp3) is 0.182. The minimum Gasteiger partial charge on any atom is -0.326 e. The minimum atomic E-state index is -0.437. The van der Waals surface area contributed by atoms with Gasteiger partial charge in [0.15, 0.2) is 0 Å². The Bertz CT molecular complexity index is 1160. The molecule has 0 aliphatic heterocycles. The number of nitrogens with one attached hydrogen (secondary N) is 2. The van der Waals surface area contributed by atoms with E-state index < -0.39 is 11.5 Å². The summed E-state index contributed by atoms with van der Waals surface area (Å²) in [7, 11) is 0. The molecule has 0 atom stereocenters. The van der Waals surface area contributed by atoms with Gasteiger partial charge in [-0.3, -0.25) is 14.4 Å². The van der Waals surface area contributed by atoms with E-state index in [1.54, 1.807) is 24.3 Å². The van der Waals surface area contributed by atoms with Crippen molar-refractivity contribution >= 4 is 34.8 Å². The highest BCUT2D eigenvalue weighted by Gasteiger charge is 2.12. The van der Waals surface area contributed by atoms with Crippen LogP contribution >= 0.6 is 11.6 Å². The number of anilines is 2. The van der Waals surface area contributed by atoms with Gasteiger partial charge in [0, 0.05) is 28.9 Å². The Kier molecular flexibility index (Phi) is 6.64. The van der Waals surface area contributed by atoms with Crippen LogP contribution in [0.1, 0.15) is 28.0 Å². The zero-order valence-electron chi connectivity index (χ0n) is 16.6. The molecule has 0 spiro atoms. The van der Waals surface area contributed by atoms with E-state index in [2.05, 4.69) is 15.7 Å². The molecule has 30 heavy (non-hydrogen) atoms. The summed E-state index contributed by atoms with van der Waals surface area (Å²) in [5.41, 5.74) is 2.82. The lowest BCUT2D eigenvalue weighted by Crippen LogP contribution is -2.28. The number of carbonyl (C=O) groups is 2. The molecule has 0 unspecified atom stereocenters. The van der Waals surface area contributed by atoms with Gasteiger partial charge in [0.05, 0.1) is 6.54 Å². The van der Waals surface area contributed by atoms with E-state index in [1.165, 1.54) is 12.1 Å². The van der Waals surface area contributed by atoms with Gasteiger partial charge in [-0.1, -0.05) is 29.8 Å². The molecule has 154 valence electrons. The van der Waals surface area contributed by atoms with E-state index in [4.69, 9.17) is 11.6 Å². The van der Waals surface area contributed by atoms with Crippen LogP contribution in [0.5, 0.6) is 0 Å². The van der Waals surface area contributed by atoms with Crippen molar-refractivity contribution in [3.05, 3.63) is 86.8 Å². The molecule has 0 saturated heterocycles. The predicted octanol–water partition coefficient (Wildman–Crippen LogP) is 3.79. The summed E-state index contributed by atoms with van der Waals surface area (Å²) in [6.07, 6.45) is 0.0157. The zero-order chi connectivity index (χ0) is 21.7. The molecule has 0 aliphatic rings. The van der Waals surface area contributed by atoms with Crippen LogP contribution in [0.2, 0.25) is 5.02 Å². The second kappa shape index (κ2) is 9.37. The van der Waals surface area contributed by atoms with E-state index in [-0.39, 0.29) is 24.6 Å². The Morgan fingerprint density at radius 2 is 1.83 bits per heavy atom. The SMILES string of the molecule is Cc1cccc(NC(=O)c2ccc(=O)n(CCC(=O)Nc3cc(Cl)ccc3C)n2)c1. The number of benzene rings is 2. The fourth-order valence-electron chi connectivity index (χ4n) is 2.80. The molecule has 3 aromatic rings. The molecule has 2 aromatic carbocycles. The standard InChI is InChI=1S/C22H21ClN4O3/c1-14-4-3-5-17(12-14)24-22(30)18-8-9-21(29)27(26-18)11-10-20(28)25-19-13-16(23)7-6-15(19)2/h3-9,12-13H,10-11H2,1-2H3,(H,24,30)(H,25,28). The second-order valence-electron chi connectivity index (χ2n) is 6.86. The van der Waals surface area contributed by atoms with Crippen molar-refractivity contribution in [2.24, 2.45) is 0 Å². The Balaban J connectivity index is 1.66. The van der Waals surface area contributed by atoms with Crippen molar-refractivity contribution in [3.63, 3.8) is 0 Å². The predicted molar refractivity (Wildman–Crippen MR) is 117 cm³/mol. The molecule has 7 nitrogen and oxygen atoms in total. The van der Waals surface area contributed by atoms with Gasteiger partial charge in [0.1, 0.15) is 5.69 Å². The first-order valence-electron chi connectivity index (χ1n) is 9.34. The number of carbonyl (C=O) groups excluding carboxylic acids is 2. The largest absolute Gasteiger partial charge is 0.326 e. The minimum absolute atomic E-state index is 0.0157. The fourth-order valence-corrected chi connectivity index (χ4v) is 2.97. The van der Waals surface area contributed by atoms with E-state index in [1.807, 2.05) is 32.0 Å². The van der Waals surface area contributed by atoms with Crippen LogP contribution in [-0.4, -0.2) is 21.6 Å². The Morgan fingerprint density at radius 3 is 2.60 bits per heavy atom. The van der Waals surface area contributed by atoms with Gasteiger partial charge < -0.3 is 10.6 Å². The molecule has 0 fully saturated rings. The summed E-state index contributed by atoms with van der Waals surface area (Å²) < 4.78 is 1.11. The highest BCUT2D eigenvalue weighted by atomic mass is 35.5. The molecule has 8 heteroatoms. The average molecular weight is 425 g/mol. The first-order chi connectivity index (χ1) is 14.3. The summed E-state index contributed by atoms with van der Waals surface area (Å²) >= 11 is 5.96. The van der Waals surface area contributed by atoms with Crippen molar-refractivity contribution in [3.8, 4) is 0 Å². The molecule has 1 heterocycles. The van der Waals surface area contributed by atoms with Crippen LogP contribution in [-0.2, 0) is 11.3 Å². The Hall–Kier alpha value is -3.45. The number of amides is 2. The molecule has 2 N–H and O–H groups in total. The van der Waals surface area contributed by atoms with Crippen molar-refractivity contribution in [1.29, 1.82) is 0 Å². The third kappa shape index (κ3) is 5.55. The molecular weight excluding hydrogens is 404 g/mol. The Morgan fingerprint density at radius 1 is 1.03 bits per heavy atom. The van der Waals surface area contributed by atoms with Gasteiger partial charge in [-0.2, -0.15) is 5.10 Å². The molecule has 1 aromatic heterocycles. The summed E-state index contributed by atoms with van der Waals surface area (Å²) in [4.78, 5) is 36.8. The van der Waals surface area contributed by atoms with Crippen molar-refractivity contribution in [2.45, 2.75) is 26.8 Å². The van der Waals surface area contributed by atoms with Gasteiger partial charge in [0.2, 0.25) is 5.91 Å². The van der Waals surface area contributed by atoms with E-state index in [9.17, 15) is 14.4 Å². The van der Waals surface area contributed by atoms with Crippen LogP contribution < -0.4 is 16.2 Å². The van der Waals surface area contributed by atoms with Crippen LogP contribution in [0.3, 0.4) is 0 Å². The molecule has 0 aliphatic carbocycles. The maximum Gasteiger partial charge on any atom is 0.276 e. The summed E-state index contributed by atoms with van der Waals surface area (Å²) in [6, 6.07) is 15.2. The third-order valence-electron chi connectivity index (χ3n) is 4.40. The monoisotopic (exact) mass is 424 g/mol. The first kappa shape index (κ1) is 21.3. The average Bonchev–Trinajstić information content (AvgIpc) is 2.70. The van der Waals surface area contributed by atoms with E-state index in [0.717, 1.165) is 15.8 Å². The van der Waals surface area contributed by atoms with Crippen molar-refractivity contribution in [1.82, 2.24) is 9.78 Å². The normalized spacial score (nSPS) is 10.5. The third-order valence-corrected chi connectivity index (χ3v) is 4.63. The van der Waals surface area contributed by atoms with Crippen LogP contribution in [0, 0.1) is 13.8 Å². The summed E-state index contributed by atoms with van der Waals surface area (Å²) in [6.45, 7) is 3.81. The molecule has 0 bridgehead atoms. The van der Waals surface area contributed by atoms with Gasteiger partial charge in [-0.15, -0.1) is 0 Å². The van der Waals surface area contributed by atoms with Crippen molar-refractivity contribution < 1.29 is 9.59 Å². The lowest BCUT2D eigenvalue weighted by Gasteiger charge is -2.10. The number of aryl methyl sites for hydroxylation is 3. The van der Waals surface area contributed by atoms with Crippen LogP contribution in [0.4, 0.5) is 11.4 Å². The second-order valence-corrected chi connectivity index (χ2v) is 7.30. The number of aromatic nitrogens is 2. The highest BCUT2D eigenvalue weighted by Crippen LogP contribution is 2.20. The number of rotatable bonds is 6. The lowest BCUT2D eigenvalue weighted by molar-refractivity contribution is -0.116. The van der Waals surface area contributed by atoms with Gasteiger partial charge >= 0.3 is 0 Å². The molecule has 0 saturated carbocycles. The topological polar surface area (TPSA) is 93.1 Å². The summed E-state index contributed by atoms with van der Waals surface area (Å²) in [5.74, 6) is -0.725. The van der Waals surface area contributed by atoms with Gasteiger partial charge in [0.25, 0.3) is 11.5 Å². The van der Waals surface area contributed by atoms with Gasteiger partial charge in [-0.05, 0) is 55.3 Å². The lowest BCUT2D eigenvalue weighted by atomic mass is 10.2. The smallest absolute Gasteiger partial charge is 0.276 e. The van der Waals surface area contributed by atoms with Crippen LogP contribution in [0.15, 0.2) is 59.4 Å².